The maximum absolute atomic E-state index is 13.9. The number of carboxylic acid groups (broad SMARTS) is 1. The van der Waals surface area contributed by atoms with E-state index in [-0.39, 0.29) is 84.4 Å². The molecule has 1 aliphatic heterocycles. The Hall–Kier alpha value is -6.40. The number of Topliss-reactive ketones (excluding diaryl/α,β-unsaturated/α-hetero) is 1. The molecule has 6 N–H and O–H groups in total. The van der Waals surface area contributed by atoms with Crippen LogP contribution in [0.3, 0.4) is 0 Å². The molecule has 2 amide bonds. The number of amides is 2. The molecular formula is C61H83N7O13S2. The van der Waals surface area contributed by atoms with Gasteiger partial charge in [-0.25, -0.2) is 9.97 Å². The molecule has 452 valence electrons. The van der Waals surface area contributed by atoms with Gasteiger partial charge in [-0.1, -0.05) is 76.2 Å². The predicted octanol–water partition coefficient (Wildman–Crippen LogP) is 9.80. The molecule has 1 aliphatic carbocycles. The van der Waals surface area contributed by atoms with Crippen molar-refractivity contribution in [3.63, 3.8) is 0 Å². The van der Waals surface area contributed by atoms with Crippen LogP contribution in [0, 0.1) is 37.5 Å². The average molecular weight is 1190 g/mol. The van der Waals surface area contributed by atoms with E-state index in [9.17, 15) is 29.4 Å². The van der Waals surface area contributed by atoms with Crippen molar-refractivity contribution in [3.05, 3.63) is 106 Å². The topological polar surface area (TPSA) is 280 Å². The Morgan fingerprint density at radius 1 is 0.639 bits per heavy atom. The first-order valence-corrected chi connectivity index (χ1v) is 30.2. The second-order valence-electron chi connectivity index (χ2n) is 21.9. The maximum atomic E-state index is 13.9. The summed E-state index contributed by atoms with van der Waals surface area (Å²) < 4.78 is 32.5. The first-order chi connectivity index (χ1) is 39.6. The van der Waals surface area contributed by atoms with Crippen molar-refractivity contribution >= 4 is 46.2 Å². The van der Waals surface area contributed by atoms with E-state index in [1.54, 1.807) is 28.7 Å². The molecule has 20 nitrogen and oxygen atoms in total. The number of nitrogens with one attached hydrogen (secondary N) is 3. The fourth-order valence-electron chi connectivity index (χ4n) is 10.1. The minimum Gasteiger partial charge on any atom is -0.481 e. The number of ether oxygens (including phenoxy) is 4. The molecule has 0 spiro atoms. The third-order valence-corrected chi connectivity index (χ3v) is 16.5. The number of hydrogen-bond acceptors (Lipinski definition) is 19. The lowest BCUT2D eigenvalue weighted by Gasteiger charge is -2.25. The Labute approximate surface area is 494 Å². The standard InChI is InChI=1S/C31H41N3O6S.C17H21N3O2S.C13H21NO5/c1-7-38-18(4)15-39-27-14-26(40-34-27)28(17(2)3)29(36)24-12-23(35)13-25(24)31(37)33-19(5)21-8-10-22(11-9-21)30-20(6)32-16-41-30;1-10(20-17(22)15-7-14(21)8-18-15)12-3-5-13(6-4-12)16-11(2)19-9-23-16;1-5-17-9(4)7-18-11-6-10(19-14-11)12(8(2)3)13(15)16/h8-11,14,16-19,23-25,28,35H,7,12-13,15H2,1-6H3,(H,33,37);3-6,9-10,14-15,18,21H,7-8H2,1-2H3,(H,20,22);6,8-9,12H,5,7H2,1-4H3,(H,15,16)/t18?,19-,23-,24?,25+,28?;10-,14+,15-;/m00./s1. The van der Waals surface area contributed by atoms with Gasteiger partial charge >= 0.3 is 5.97 Å². The van der Waals surface area contributed by atoms with Gasteiger partial charge in [-0.15, -0.1) is 22.7 Å². The monoisotopic (exact) mass is 1190 g/mol. The number of hydrogen-bond donors (Lipinski definition) is 6. The van der Waals surface area contributed by atoms with Gasteiger partial charge in [0.05, 0.1) is 86.5 Å². The number of ketones is 1. The van der Waals surface area contributed by atoms with Crippen molar-refractivity contribution in [2.45, 2.75) is 157 Å². The third kappa shape index (κ3) is 18.5. The fraction of sp³-hybridized carbons (Fsp3) is 0.541. The summed E-state index contributed by atoms with van der Waals surface area (Å²) in [4.78, 5) is 61.6. The summed E-state index contributed by atoms with van der Waals surface area (Å²) in [6.45, 7) is 25.3. The third-order valence-electron chi connectivity index (χ3n) is 14.6. The van der Waals surface area contributed by atoms with E-state index in [1.807, 2.05) is 131 Å². The van der Waals surface area contributed by atoms with Crippen LogP contribution in [0.4, 0.5) is 0 Å². The van der Waals surface area contributed by atoms with Crippen LogP contribution in [-0.2, 0) is 28.7 Å². The van der Waals surface area contributed by atoms with Gasteiger partial charge in [-0.05, 0) is 119 Å². The minimum atomic E-state index is -0.930. The van der Waals surface area contributed by atoms with Crippen LogP contribution < -0.4 is 25.4 Å². The number of nitrogens with zero attached hydrogens (tertiary/aromatic N) is 4. The van der Waals surface area contributed by atoms with E-state index < -0.39 is 41.8 Å². The highest BCUT2D eigenvalue weighted by Gasteiger charge is 2.46. The van der Waals surface area contributed by atoms with Crippen LogP contribution in [-0.4, -0.2) is 123 Å². The van der Waals surface area contributed by atoms with Crippen molar-refractivity contribution in [1.29, 1.82) is 0 Å². The number of carbonyl (C=O) groups is 4. The number of aryl methyl sites for hydroxylation is 2. The Morgan fingerprint density at radius 2 is 1.08 bits per heavy atom. The highest BCUT2D eigenvalue weighted by molar-refractivity contribution is 7.13. The first kappa shape index (κ1) is 65.7. The van der Waals surface area contributed by atoms with Gasteiger partial charge in [-0.2, -0.15) is 0 Å². The zero-order valence-corrected chi connectivity index (χ0v) is 51.3. The van der Waals surface area contributed by atoms with Crippen LogP contribution >= 0.6 is 22.7 Å². The fourth-order valence-corrected chi connectivity index (χ4v) is 11.8. The number of aliphatic hydroxyl groups excluding tert-OH is 2. The molecule has 2 fully saturated rings. The van der Waals surface area contributed by atoms with Crippen molar-refractivity contribution in [2.75, 3.05) is 33.0 Å². The first-order valence-electron chi connectivity index (χ1n) is 28.5. The predicted molar refractivity (Wildman–Crippen MR) is 316 cm³/mol. The number of benzene rings is 2. The lowest BCUT2D eigenvalue weighted by Crippen LogP contribution is -2.41. The molecule has 5 unspecified atom stereocenters. The van der Waals surface area contributed by atoms with Crippen molar-refractivity contribution in [1.82, 2.24) is 36.2 Å². The molecule has 2 aromatic carbocycles. The van der Waals surface area contributed by atoms with Crippen LogP contribution in [0.2, 0.25) is 0 Å². The van der Waals surface area contributed by atoms with Crippen LogP contribution in [0.25, 0.3) is 20.9 Å². The normalized spacial score (nSPS) is 19.8. The number of aliphatic carboxylic acids is 1. The molecule has 1 saturated carbocycles. The molecule has 11 atom stereocenters. The second-order valence-corrected chi connectivity index (χ2v) is 23.6. The second kappa shape index (κ2) is 31.5. The highest BCUT2D eigenvalue weighted by atomic mass is 32.1. The zero-order valence-electron chi connectivity index (χ0n) is 49.6. The summed E-state index contributed by atoms with van der Waals surface area (Å²) in [7, 11) is 0. The van der Waals surface area contributed by atoms with Gasteiger partial charge < -0.3 is 59.3 Å². The van der Waals surface area contributed by atoms with E-state index in [4.69, 9.17) is 33.1 Å². The van der Waals surface area contributed by atoms with Crippen molar-refractivity contribution in [2.24, 2.45) is 23.7 Å². The summed E-state index contributed by atoms with van der Waals surface area (Å²) in [6.07, 6.45) is -0.358. The SMILES string of the molecule is CCOC(C)COc1cc(C(C(=O)C2C[C@H](O)C[C@H]2C(=O)N[C@@H](C)c2ccc(-c3scnc3C)cc2)C(C)C)on1.CCOC(C)COc1cc(C(C(=O)O)C(C)C)on1.Cc1ncsc1-c1ccc([C@H](C)NC(=O)[C@@H]2C[C@@H](O)CN2)cc1. The van der Waals surface area contributed by atoms with E-state index in [1.165, 1.54) is 10.9 Å². The summed E-state index contributed by atoms with van der Waals surface area (Å²) >= 11 is 3.23. The number of rotatable bonds is 25. The van der Waals surface area contributed by atoms with E-state index in [2.05, 4.69) is 48.4 Å². The quantitative estimate of drug-likeness (QED) is 0.0311. The van der Waals surface area contributed by atoms with Crippen molar-refractivity contribution in [3.8, 4) is 32.6 Å². The lowest BCUT2D eigenvalue weighted by molar-refractivity contribution is -0.140. The summed E-state index contributed by atoms with van der Waals surface area (Å²) in [5.41, 5.74) is 9.96. The van der Waals surface area contributed by atoms with Gasteiger partial charge in [0, 0.05) is 37.8 Å². The van der Waals surface area contributed by atoms with Crippen LogP contribution in [0.1, 0.15) is 146 Å². The minimum absolute atomic E-state index is 0.0504. The number of thiazole rings is 2. The van der Waals surface area contributed by atoms with Gasteiger partial charge in [-0.3, -0.25) is 19.2 Å². The van der Waals surface area contributed by atoms with E-state index in [0.29, 0.717) is 50.9 Å². The van der Waals surface area contributed by atoms with Crippen LogP contribution in [0.5, 0.6) is 11.8 Å². The van der Waals surface area contributed by atoms with Gasteiger partial charge in [0.25, 0.3) is 11.8 Å². The number of carbonyl (C=O) groups excluding carboxylic acids is 3. The van der Waals surface area contributed by atoms with E-state index >= 15 is 0 Å². The molecule has 6 aromatic rings. The molecule has 5 heterocycles. The summed E-state index contributed by atoms with van der Waals surface area (Å²) in [5, 5.41) is 46.0. The lowest BCUT2D eigenvalue weighted by atomic mass is 9.79. The summed E-state index contributed by atoms with van der Waals surface area (Å²) in [6, 6.07) is 18.8. The number of aliphatic hydroxyl groups is 2. The molecule has 0 bridgehead atoms. The highest BCUT2D eigenvalue weighted by Crippen LogP contribution is 2.40. The Balaban J connectivity index is 0.000000221. The molecule has 22 heteroatoms. The number of aromatic nitrogens is 4. The van der Waals surface area contributed by atoms with Gasteiger partial charge in [0.2, 0.25) is 11.8 Å². The molecule has 8 rings (SSSR count). The summed E-state index contributed by atoms with van der Waals surface area (Å²) in [5.74, 6) is -2.85. The van der Waals surface area contributed by atoms with Crippen molar-refractivity contribution < 1.29 is 62.5 Å². The van der Waals surface area contributed by atoms with Gasteiger partial charge in [0.1, 0.15) is 24.9 Å². The largest absolute Gasteiger partial charge is 0.481 e. The molecule has 83 heavy (non-hydrogen) atoms. The number of β-amino-alcohol motifs (C(OH)–C–C–N with tert-alkyl or cyclic N) is 1. The maximum Gasteiger partial charge on any atom is 0.314 e. The van der Waals surface area contributed by atoms with E-state index in [0.717, 1.165) is 38.5 Å². The molecule has 2 aliphatic rings. The molecule has 1 saturated heterocycles. The van der Waals surface area contributed by atoms with Crippen LogP contribution in [0.15, 0.2) is 80.7 Å². The average Bonchev–Trinajstić information content (AvgIpc) is 4.35. The Bertz CT molecular complexity index is 2980. The molecular weight excluding hydrogens is 1100 g/mol. The molecule has 4 aromatic heterocycles. The zero-order chi connectivity index (χ0) is 60.5. The van der Waals surface area contributed by atoms with Gasteiger partial charge in [0.15, 0.2) is 11.5 Å². The molecule has 0 radical (unpaired) electrons. The Kier molecular flexibility index (Phi) is 24.9. The smallest absolute Gasteiger partial charge is 0.314 e. The Morgan fingerprint density at radius 3 is 1.48 bits per heavy atom. The number of carboxylic acids is 1.